The number of carboxylic acids is 1. The fourth-order valence-corrected chi connectivity index (χ4v) is 3.39. The van der Waals surface area contributed by atoms with Crippen LogP contribution in [0.3, 0.4) is 0 Å². The van der Waals surface area contributed by atoms with E-state index in [0.717, 1.165) is 39.9 Å². The maximum atomic E-state index is 10.6. The standard InChI is InChI=1S/C23H18N4.C2HF3O2/c1-2-6-20-19(5-1)21(13-14-24-20)25-15-17-9-11-18(12-10-17)27-16-26-22-7-3-4-8-23(22)27;3-2(4,5)1(6)7/h1-14,16H,15H2,(H,24,25);(H,6,7). The number of hydrogen-bond donors (Lipinski definition) is 2. The number of imidazole rings is 1. The van der Waals surface area contributed by atoms with Gasteiger partial charge in [-0.1, -0.05) is 42.5 Å². The van der Waals surface area contributed by atoms with Gasteiger partial charge in [-0.15, -0.1) is 0 Å². The summed E-state index contributed by atoms with van der Waals surface area (Å²) in [6.45, 7) is 0.763. The van der Waals surface area contributed by atoms with Crippen molar-refractivity contribution >= 4 is 33.6 Å². The van der Waals surface area contributed by atoms with Gasteiger partial charge in [0.05, 0.1) is 16.6 Å². The van der Waals surface area contributed by atoms with Crippen molar-refractivity contribution in [2.45, 2.75) is 12.7 Å². The first-order chi connectivity index (χ1) is 16.3. The van der Waals surface area contributed by atoms with E-state index < -0.39 is 12.1 Å². The highest BCUT2D eigenvalue weighted by Gasteiger charge is 2.38. The van der Waals surface area contributed by atoms with Crippen LogP contribution in [0.5, 0.6) is 0 Å². The number of rotatable bonds is 4. The van der Waals surface area contributed by atoms with Crippen molar-refractivity contribution in [3.63, 3.8) is 0 Å². The number of carboxylic acid groups (broad SMARTS) is 1. The second-order valence-electron chi connectivity index (χ2n) is 7.30. The Morgan fingerprint density at radius 2 is 1.53 bits per heavy atom. The maximum Gasteiger partial charge on any atom is 0.490 e. The van der Waals surface area contributed by atoms with Crippen LogP contribution >= 0.6 is 0 Å². The number of fused-ring (bicyclic) bond motifs is 2. The van der Waals surface area contributed by atoms with Crippen LogP contribution in [0.1, 0.15) is 5.56 Å². The molecular weight excluding hydrogens is 445 g/mol. The lowest BCUT2D eigenvalue weighted by Crippen LogP contribution is -2.21. The van der Waals surface area contributed by atoms with Gasteiger partial charge in [-0.25, -0.2) is 9.78 Å². The summed E-state index contributed by atoms with van der Waals surface area (Å²) in [7, 11) is 0. The summed E-state index contributed by atoms with van der Waals surface area (Å²) in [6.07, 6.45) is -1.36. The van der Waals surface area contributed by atoms with Crippen LogP contribution in [0.4, 0.5) is 18.9 Å². The first kappa shape index (κ1) is 22.8. The molecule has 0 aliphatic heterocycles. The highest BCUT2D eigenvalue weighted by Crippen LogP contribution is 2.22. The van der Waals surface area contributed by atoms with E-state index >= 15 is 0 Å². The molecule has 34 heavy (non-hydrogen) atoms. The molecular formula is C25H19F3N4O2. The molecule has 0 saturated heterocycles. The first-order valence-corrected chi connectivity index (χ1v) is 10.2. The lowest BCUT2D eigenvalue weighted by atomic mass is 10.1. The molecule has 6 nitrogen and oxygen atoms in total. The number of para-hydroxylation sites is 3. The molecule has 172 valence electrons. The van der Waals surface area contributed by atoms with Crippen molar-refractivity contribution in [1.82, 2.24) is 14.5 Å². The second kappa shape index (κ2) is 9.62. The number of benzene rings is 3. The van der Waals surface area contributed by atoms with Crippen molar-refractivity contribution in [1.29, 1.82) is 0 Å². The predicted octanol–water partition coefficient (Wildman–Crippen LogP) is 5.82. The summed E-state index contributed by atoms with van der Waals surface area (Å²) in [5.74, 6) is -2.76. The van der Waals surface area contributed by atoms with Gasteiger partial charge in [0, 0.05) is 29.5 Å². The minimum absolute atomic E-state index is 0.763. The van der Waals surface area contributed by atoms with Crippen LogP contribution in [0.25, 0.3) is 27.6 Å². The average Bonchev–Trinajstić information content (AvgIpc) is 3.27. The Labute approximate surface area is 192 Å². The molecule has 2 N–H and O–H groups in total. The zero-order valence-corrected chi connectivity index (χ0v) is 17.7. The summed E-state index contributed by atoms with van der Waals surface area (Å²) in [6, 6.07) is 26.9. The number of halogens is 3. The van der Waals surface area contributed by atoms with E-state index in [9.17, 15) is 13.2 Å². The third-order valence-corrected chi connectivity index (χ3v) is 5.04. The van der Waals surface area contributed by atoms with Gasteiger partial charge in [0.2, 0.25) is 0 Å². The molecule has 0 aliphatic carbocycles. The number of anilines is 1. The summed E-state index contributed by atoms with van der Waals surface area (Å²) in [4.78, 5) is 17.8. The molecule has 2 aromatic heterocycles. The molecule has 5 rings (SSSR count). The van der Waals surface area contributed by atoms with E-state index in [1.807, 2.05) is 55.0 Å². The van der Waals surface area contributed by atoms with Crippen LogP contribution in [-0.2, 0) is 11.3 Å². The molecule has 0 saturated carbocycles. The van der Waals surface area contributed by atoms with E-state index in [4.69, 9.17) is 9.90 Å². The largest absolute Gasteiger partial charge is 0.490 e. The van der Waals surface area contributed by atoms with Gasteiger partial charge >= 0.3 is 12.1 Å². The smallest absolute Gasteiger partial charge is 0.475 e. The van der Waals surface area contributed by atoms with Crippen molar-refractivity contribution in [2.75, 3.05) is 5.32 Å². The average molecular weight is 464 g/mol. The molecule has 2 heterocycles. The van der Waals surface area contributed by atoms with Gasteiger partial charge < -0.3 is 10.4 Å². The molecule has 0 bridgehead atoms. The monoisotopic (exact) mass is 464 g/mol. The topological polar surface area (TPSA) is 80.0 Å². The molecule has 0 fully saturated rings. The molecule has 9 heteroatoms. The van der Waals surface area contributed by atoms with E-state index in [-0.39, 0.29) is 0 Å². The Kier molecular flexibility index (Phi) is 6.44. The SMILES string of the molecule is O=C(O)C(F)(F)F.c1ccc2c(NCc3ccc(-n4cnc5ccccc54)cc3)ccnc2c1. The molecule has 0 radical (unpaired) electrons. The molecule has 0 unspecified atom stereocenters. The van der Waals surface area contributed by atoms with Crippen LogP contribution < -0.4 is 5.32 Å². The van der Waals surface area contributed by atoms with Gasteiger partial charge in [0.1, 0.15) is 6.33 Å². The van der Waals surface area contributed by atoms with Crippen LogP contribution in [-0.4, -0.2) is 31.8 Å². The molecule has 0 aliphatic rings. The zero-order valence-electron chi connectivity index (χ0n) is 17.7. The van der Waals surface area contributed by atoms with Crippen LogP contribution in [0, 0.1) is 0 Å². The third kappa shape index (κ3) is 5.15. The number of nitrogens with zero attached hydrogens (tertiary/aromatic N) is 3. The Bertz CT molecular complexity index is 1420. The summed E-state index contributed by atoms with van der Waals surface area (Å²) in [5.41, 5.74) is 6.57. The number of nitrogens with one attached hydrogen (secondary N) is 1. The fourth-order valence-electron chi connectivity index (χ4n) is 3.39. The highest BCUT2D eigenvalue weighted by atomic mass is 19.4. The van der Waals surface area contributed by atoms with Gasteiger partial charge in [0.15, 0.2) is 0 Å². The van der Waals surface area contributed by atoms with E-state index in [0.29, 0.717) is 0 Å². The van der Waals surface area contributed by atoms with Gasteiger partial charge in [-0.05, 0) is 42.0 Å². The molecule has 3 aromatic carbocycles. The van der Waals surface area contributed by atoms with E-state index in [2.05, 4.69) is 56.3 Å². The minimum atomic E-state index is -5.08. The van der Waals surface area contributed by atoms with Crippen LogP contribution in [0.2, 0.25) is 0 Å². The van der Waals surface area contributed by atoms with Crippen molar-refractivity contribution in [3.05, 3.63) is 97.0 Å². The summed E-state index contributed by atoms with van der Waals surface area (Å²) < 4.78 is 33.9. The second-order valence-corrected chi connectivity index (χ2v) is 7.30. The van der Waals surface area contributed by atoms with E-state index in [1.165, 1.54) is 5.56 Å². The molecule has 0 spiro atoms. The minimum Gasteiger partial charge on any atom is -0.475 e. The van der Waals surface area contributed by atoms with Gasteiger partial charge in [-0.2, -0.15) is 13.2 Å². The van der Waals surface area contributed by atoms with Crippen LogP contribution in [0.15, 0.2) is 91.4 Å². The summed E-state index contributed by atoms with van der Waals surface area (Å²) >= 11 is 0. The van der Waals surface area contributed by atoms with Gasteiger partial charge in [-0.3, -0.25) is 9.55 Å². The number of hydrogen-bond acceptors (Lipinski definition) is 4. The number of alkyl halides is 3. The molecule has 0 atom stereocenters. The Balaban J connectivity index is 0.000000344. The lowest BCUT2D eigenvalue weighted by molar-refractivity contribution is -0.192. The Morgan fingerprint density at radius 1 is 0.882 bits per heavy atom. The van der Waals surface area contributed by atoms with E-state index in [1.54, 1.807) is 0 Å². The molecule has 0 amide bonds. The quantitative estimate of drug-likeness (QED) is 0.350. The first-order valence-electron chi connectivity index (χ1n) is 10.2. The maximum absolute atomic E-state index is 10.6. The highest BCUT2D eigenvalue weighted by molar-refractivity contribution is 5.90. The number of aliphatic carboxylic acids is 1. The number of carbonyl (C=O) groups is 1. The predicted molar refractivity (Wildman–Crippen MR) is 124 cm³/mol. The number of aromatic nitrogens is 3. The normalized spacial score (nSPS) is 11.1. The van der Waals surface area contributed by atoms with Crippen molar-refractivity contribution in [3.8, 4) is 5.69 Å². The third-order valence-electron chi connectivity index (χ3n) is 5.04. The van der Waals surface area contributed by atoms with Gasteiger partial charge in [0.25, 0.3) is 0 Å². The molecule has 5 aromatic rings. The zero-order chi connectivity index (χ0) is 24.1. The number of pyridine rings is 1. The van der Waals surface area contributed by atoms with Crippen molar-refractivity contribution in [2.24, 2.45) is 0 Å². The van der Waals surface area contributed by atoms with Crippen molar-refractivity contribution < 1.29 is 23.1 Å². The summed E-state index contributed by atoms with van der Waals surface area (Å²) in [5, 5.41) is 11.8. The lowest BCUT2D eigenvalue weighted by Gasteiger charge is -2.10. The fraction of sp³-hybridized carbons (Fsp3) is 0.0800. The Morgan fingerprint density at radius 3 is 2.24 bits per heavy atom. The Hall–Kier alpha value is -4.40.